The van der Waals surface area contributed by atoms with Gasteiger partial charge in [-0.25, -0.2) is 0 Å². The molecule has 0 unspecified atom stereocenters. The van der Waals surface area contributed by atoms with Crippen molar-refractivity contribution in [2.75, 3.05) is 11.9 Å². The molecule has 1 amide bonds. The molecule has 3 nitrogen and oxygen atoms in total. The molecule has 3 N–H and O–H groups in total. The average Bonchev–Trinajstić information content (AvgIpc) is 2.51. The first kappa shape index (κ1) is 16.9. The Bertz CT molecular complexity index is 636. The third kappa shape index (κ3) is 3.41. The van der Waals surface area contributed by atoms with E-state index in [0.29, 0.717) is 0 Å². The van der Waals surface area contributed by atoms with Crippen LogP contribution in [0.5, 0.6) is 0 Å². The molecule has 0 heterocycles. The molecule has 25 heavy (non-hydrogen) atoms. The molecule has 0 radical (unpaired) electrons. The molecule has 5 rings (SSSR count). The summed E-state index contributed by atoms with van der Waals surface area (Å²) in [4.78, 5) is 12.3. The Morgan fingerprint density at radius 3 is 2.20 bits per heavy atom. The smallest absolute Gasteiger partial charge is 0.334 e. The normalized spacial score (nSPS) is 33.5. The molecule has 4 aliphatic carbocycles. The zero-order valence-corrected chi connectivity index (χ0v) is 14.1. The fraction of sp³-hybridized carbons (Fsp3) is 0.632. The topological polar surface area (TPSA) is 45.7 Å². The minimum atomic E-state index is -4.46. The van der Waals surface area contributed by atoms with Crippen molar-refractivity contribution in [3.05, 3.63) is 29.8 Å². The number of alkyl halides is 3. The van der Waals surface area contributed by atoms with Gasteiger partial charge >= 0.3 is 6.18 Å². The standard InChI is InChI=1S/C19H23F3N2O/c20-19(21,22)15-3-1-2-4-16(15)24-17(25)11-23-18-8-12-5-13(9-18)7-14(6-12)10-18/h1-4,12-14,23H,5-11H2,(H,24,25)/p+1. The van der Waals surface area contributed by atoms with E-state index in [-0.39, 0.29) is 23.7 Å². The first-order valence-electron chi connectivity index (χ1n) is 9.13. The number of rotatable bonds is 4. The van der Waals surface area contributed by atoms with Gasteiger partial charge in [-0.15, -0.1) is 0 Å². The van der Waals surface area contributed by atoms with E-state index in [0.717, 1.165) is 43.1 Å². The van der Waals surface area contributed by atoms with Crippen molar-refractivity contribution in [3.8, 4) is 0 Å². The molecule has 0 atom stereocenters. The number of nitrogens with one attached hydrogen (secondary N) is 1. The average molecular weight is 353 g/mol. The highest BCUT2D eigenvalue weighted by Gasteiger charge is 2.53. The molecule has 6 heteroatoms. The Hall–Kier alpha value is -1.56. The van der Waals surface area contributed by atoms with Crippen LogP contribution in [-0.2, 0) is 11.0 Å². The van der Waals surface area contributed by atoms with E-state index in [4.69, 9.17) is 0 Å². The van der Waals surface area contributed by atoms with Crippen molar-refractivity contribution in [2.45, 2.75) is 50.2 Å². The maximum absolute atomic E-state index is 13.0. The van der Waals surface area contributed by atoms with Crippen molar-refractivity contribution in [1.29, 1.82) is 0 Å². The quantitative estimate of drug-likeness (QED) is 0.858. The molecular formula is C19H24F3N2O+. The second kappa shape index (κ2) is 6.01. The van der Waals surface area contributed by atoms with Crippen LogP contribution in [0, 0.1) is 17.8 Å². The van der Waals surface area contributed by atoms with Gasteiger partial charge in [0.1, 0.15) is 0 Å². The summed E-state index contributed by atoms with van der Waals surface area (Å²) in [5.41, 5.74) is -0.799. The number of halogens is 3. The second-order valence-electron chi connectivity index (χ2n) is 8.28. The van der Waals surface area contributed by atoms with E-state index in [1.807, 2.05) is 0 Å². The number of hydrogen-bond acceptors (Lipinski definition) is 1. The lowest BCUT2D eigenvalue weighted by atomic mass is 9.53. The highest BCUT2D eigenvalue weighted by Crippen LogP contribution is 2.54. The Labute approximate surface area is 145 Å². The van der Waals surface area contributed by atoms with Gasteiger partial charge in [0, 0.05) is 19.3 Å². The van der Waals surface area contributed by atoms with Crippen molar-refractivity contribution in [3.63, 3.8) is 0 Å². The van der Waals surface area contributed by atoms with E-state index in [1.54, 1.807) is 0 Å². The molecule has 0 saturated heterocycles. The molecule has 4 bridgehead atoms. The van der Waals surface area contributed by atoms with Crippen LogP contribution >= 0.6 is 0 Å². The van der Waals surface area contributed by atoms with Crippen LogP contribution in [0.1, 0.15) is 44.1 Å². The molecular weight excluding hydrogens is 329 g/mol. The zero-order valence-electron chi connectivity index (χ0n) is 14.1. The zero-order chi connectivity index (χ0) is 17.7. The number of para-hydroxylation sites is 1. The fourth-order valence-electron chi connectivity index (χ4n) is 5.78. The Morgan fingerprint density at radius 2 is 1.64 bits per heavy atom. The number of carbonyl (C=O) groups excluding carboxylic acids is 1. The molecule has 0 aliphatic heterocycles. The monoisotopic (exact) mass is 353 g/mol. The molecule has 1 aromatic carbocycles. The Kier molecular flexibility index (Phi) is 4.06. The number of carbonyl (C=O) groups is 1. The largest absolute Gasteiger partial charge is 0.418 e. The van der Waals surface area contributed by atoms with Crippen LogP contribution in [0.2, 0.25) is 0 Å². The fourth-order valence-corrected chi connectivity index (χ4v) is 5.78. The first-order chi connectivity index (χ1) is 11.8. The number of quaternary nitrogens is 1. The van der Waals surface area contributed by atoms with E-state index in [9.17, 15) is 18.0 Å². The predicted molar refractivity (Wildman–Crippen MR) is 87.8 cm³/mol. The van der Waals surface area contributed by atoms with Gasteiger partial charge in [0.2, 0.25) is 0 Å². The maximum atomic E-state index is 13.0. The predicted octanol–water partition coefficient (Wildman–Crippen LogP) is 3.18. The SMILES string of the molecule is O=C(C[NH2+]C12CC3CC(CC(C3)C1)C2)Nc1ccccc1C(F)(F)F. The van der Waals surface area contributed by atoms with Gasteiger partial charge in [-0.2, -0.15) is 13.2 Å². The minimum absolute atomic E-state index is 0.148. The highest BCUT2D eigenvalue weighted by molar-refractivity contribution is 5.92. The van der Waals surface area contributed by atoms with E-state index < -0.39 is 11.7 Å². The number of amides is 1. The molecule has 4 saturated carbocycles. The summed E-state index contributed by atoms with van der Waals surface area (Å²) in [7, 11) is 0. The first-order valence-corrected chi connectivity index (χ1v) is 9.13. The van der Waals surface area contributed by atoms with Crippen molar-refractivity contribution < 1.29 is 23.3 Å². The second-order valence-corrected chi connectivity index (χ2v) is 8.28. The summed E-state index contributed by atoms with van der Waals surface area (Å²) in [5.74, 6) is 2.01. The molecule has 0 aromatic heterocycles. The van der Waals surface area contributed by atoms with Gasteiger partial charge in [0.15, 0.2) is 6.54 Å². The minimum Gasteiger partial charge on any atom is -0.334 e. The number of benzene rings is 1. The van der Waals surface area contributed by atoms with Gasteiger partial charge in [-0.05, 0) is 49.1 Å². The third-order valence-corrected chi connectivity index (χ3v) is 6.31. The lowest BCUT2D eigenvalue weighted by Crippen LogP contribution is -3.00. The van der Waals surface area contributed by atoms with E-state index >= 15 is 0 Å². The lowest BCUT2D eigenvalue weighted by Gasteiger charge is -2.54. The van der Waals surface area contributed by atoms with Crippen LogP contribution in [0.3, 0.4) is 0 Å². The summed E-state index contributed by atoms with van der Waals surface area (Å²) in [6.07, 6.45) is 3.00. The third-order valence-electron chi connectivity index (χ3n) is 6.31. The van der Waals surface area contributed by atoms with Gasteiger partial charge in [-0.3, -0.25) is 4.79 Å². The van der Waals surface area contributed by atoms with Crippen LogP contribution in [0.25, 0.3) is 0 Å². The van der Waals surface area contributed by atoms with Crippen LogP contribution in [0.4, 0.5) is 18.9 Å². The van der Waals surface area contributed by atoms with E-state index in [2.05, 4.69) is 10.6 Å². The highest BCUT2D eigenvalue weighted by atomic mass is 19.4. The summed E-state index contributed by atoms with van der Waals surface area (Å²) in [5, 5.41) is 4.57. The number of anilines is 1. The number of nitrogens with two attached hydrogens (primary N) is 1. The van der Waals surface area contributed by atoms with Gasteiger partial charge in [-0.1, -0.05) is 12.1 Å². The van der Waals surface area contributed by atoms with Crippen molar-refractivity contribution in [2.24, 2.45) is 17.8 Å². The summed E-state index contributed by atoms with van der Waals surface area (Å²) in [6, 6.07) is 5.15. The van der Waals surface area contributed by atoms with Gasteiger partial charge < -0.3 is 10.6 Å². The molecule has 4 fully saturated rings. The number of hydrogen-bond donors (Lipinski definition) is 2. The van der Waals surface area contributed by atoms with Crippen LogP contribution in [0.15, 0.2) is 24.3 Å². The molecule has 4 aliphatic rings. The molecule has 136 valence electrons. The summed E-state index contributed by atoms with van der Waals surface area (Å²) < 4.78 is 39.1. The molecule has 1 aromatic rings. The van der Waals surface area contributed by atoms with Crippen molar-refractivity contribution >= 4 is 11.6 Å². The summed E-state index contributed by atoms with van der Waals surface area (Å²) >= 11 is 0. The lowest BCUT2D eigenvalue weighted by molar-refractivity contribution is -0.729. The van der Waals surface area contributed by atoms with Crippen molar-refractivity contribution in [1.82, 2.24) is 0 Å². The van der Waals surface area contributed by atoms with Crippen LogP contribution in [-0.4, -0.2) is 18.0 Å². The van der Waals surface area contributed by atoms with E-state index in [1.165, 1.54) is 37.5 Å². The maximum Gasteiger partial charge on any atom is 0.418 e. The van der Waals surface area contributed by atoms with Gasteiger partial charge in [0.05, 0.1) is 16.8 Å². The van der Waals surface area contributed by atoms with Gasteiger partial charge in [0.25, 0.3) is 5.91 Å². The Morgan fingerprint density at radius 1 is 1.08 bits per heavy atom. The summed E-state index contributed by atoms with van der Waals surface area (Å²) in [6.45, 7) is 0.193. The Balaban J connectivity index is 1.39. The molecule has 0 spiro atoms. The van der Waals surface area contributed by atoms with Crippen LogP contribution < -0.4 is 10.6 Å².